The summed E-state index contributed by atoms with van der Waals surface area (Å²) in [5.41, 5.74) is 4.36. The van der Waals surface area contributed by atoms with Gasteiger partial charge < -0.3 is 5.32 Å². The molecule has 0 atom stereocenters. The Balaban J connectivity index is 1.54. The van der Waals surface area contributed by atoms with Gasteiger partial charge in [-0.1, -0.05) is 42.0 Å². The molecule has 1 aliphatic rings. The van der Waals surface area contributed by atoms with Crippen molar-refractivity contribution in [3.05, 3.63) is 95.1 Å². The molecule has 0 saturated heterocycles. The van der Waals surface area contributed by atoms with Gasteiger partial charge in [0.2, 0.25) is 10.0 Å². The van der Waals surface area contributed by atoms with Crippen molar-refractivity contribution in [3.63, 3.8) is 0 Å². The molecule has 0 aromatic heterocycles. The molecule has 1 aliphatic heterocycles. The second kappa shape index (κ2) is 7.81. The molecule has 0 unspecified atom stereocenters. The summed E-state index contributed by atoms with van der Waals surface area (Å²) in [7, 11) is -3.54. The van der Waals surface area contributed by atoms with Crippen molar-refractivity contribution in [1.82, 2.24) is 4.31 Å². The van der Waals surface area contributed by atoms with Gasteiger partial charge in [0.05, 0.1) is 4.90 Å². The van der Waals surface area contributed by atoms with Crippen LogP contribution in [0.4, 0.5) is 5.69 Å². The average Bonchev–Trinajstić information content (AvgIpc) is 2.74. The van der Waals surface area contributed by atoms with E-state index in [1.807, 2.05) is 37.3 Å². The highest BCUT2D eigenvalue weighted by Gasteiger charge is 2.28. The van der Waals surface area contributed by atoms with E-state index < -0.39 is 10.0 Å². The lowest BCUT2D eigenvalue weighted by atomic mass is 10.0. The molecular formula is C23H22N2O3S. The van der Waals surface area contributed by atoms with Crippen molar-refractivity contribution < 1.29 is 13.2 Å². The van der Waals surface area contributed by atoms with E-state index in [0.717, 1.165) is 16.7 Å². The lowest BCUT2D eigenvalue weighted by Gasteiger charge is -2.28. The first-order valence-electron chi connectivity index (χ1n) is 9.48. The average molecular weight is 407 g/mol. The zero-order chi connectivity index (χ0) is 20.4. The van der Waals surface area contributed by atoms with E-state index >= 15 is 0 Å². The normalized spacial score (nSPS) is 14.2. The minimum Gasteiger partial charge on any atom is -0.322 e. The number of hydrogen-bond donors (Lipinski definition) is 1. The first kappa shape index (κ1) is 19.4. The molecule has 6 heteroatoms. The predicted molar refractivity (Wildman–Crippen MR) is 113 cm³/mol. The number of nitrogens with one attached hydrogen (secondary N) is 1. The number of sulfonamides is 1. The SMILES string of the molecule is Cc1ccc(C(=O)Nc2ccc3c(c2)CN(S(=O)(=O)c2ccccc2)CC3)cc1. The minimum atomic E-state index is -3.54. The number of anilines is 1. The number of fused-ring (bicyclic) bond motifs is 1. The van der Waals surface area contributed by atoms with Crippen LogP contribution in [0.15, 0.2) is 77.7 Å². The van der Waals surface area contributed by atoms with Crippen LogP contribution in [0.1, 0.15) is 27.0 Å². The second-order valence-corrected chi connectivity index (χ2v) is 9.14. The summed E-state index contributed by atoms with van der Waals surface area (Å²) in [6.45, 7) is 2.71. The van der Waals surface area contributed by atoms with E-state index in [1.165, 1.54) is 4.31 Å². The largest absolute Gasteiger partial charge is 0.322 e. The summed E-state index contributed by atoms with van der Waals surface area (Å²) in [6.07, 6.45) is 0.646. The molecule has 1 N–H and O–H groups in total. The fraction of sp³-hybridized carbons (Fsp3) is 0.174. The molecule has 0 fully saturated rings. The molecule has 3 aromatic rings. The number of amides is 1. The maximum atomic E-state index is 12.9. The summed E-state index contributed by atoms with van der Waals surface area (Å²) in [5, 5.41) is 2.91. The Morgan fingerprint density at radius 2 is 1.66 bits per heavy atom. The van der Waals surface area contributed by atoms with Crippen LogP contribution in [0.2, 0.25) is 0 Å². The van der Waals surface area contributed by atoms with Crippen LogP contribution in [0.25, 0.3) is 0 Å². The van der Waals surface area contributed by atoms with E-state index in [9.17, 15) is 13.2 Å². The first-order chi connectivity index (χ1) is 13.9. The smallest absolute Gasteiger partial charge is 0.255 e. The Labute approximate surface area is 171 Å². The molecule has 0 radical (unpaired) electrons. The Hall–Kier alpha value is -2.96. The topological polar surface area (TPSA) is 66.5 Å². The number of nitrogens with zero attached hydrogens (tertiary/aromatic N) is 1. The Morgan fingerprint density at radius 1 is 0.931 bits per heavy atom. The van der Waals surface area contributed by atoms with Crippen molar-refractivity contribution in [1.29, 1.82) is 0 Å². The summed E-state index contributed by atoms with van der Waals surface area (Å²) < 4.78 is 27.4. The van der Waals surface area contributed by atoms with E-state index in [4.69, 9.17) is 0 Å². The Kier molecular flexibility index (Phi) is 5.22. The van der Waals surface area contributed by atoms with Crippen LogP contribution in [0.5, 0.6) is 0 Å². The maximum Gasteiger partial charge on any atom is 0.255 e. The molecule has 5 nitrogen and oxygen atoms in total. The zero-order valence-electron chi connectivity index (χ0n) is 16.1. The summed E-state index contributed by atoms with van der Waals surface area (Å²) in [4.78, 5) is 12.8. The van der Waals surface area contributed by atoms with Crippen molar-refractivity contribution in [2.24, 2.45) is 0 Å². The Morgan fingerprint density at radius 3 is 2.38 bits per heavy atom. The van der Waals surface area contributed by atoms with Crippen LogP contribution in [-0.2, 0) is 23.0 Å². The van der Waals surface area contributed by atoms with Crippen LogP contribution in [0, 0.1) is 6.92 Å². The van der Waals surface area contributed by atoms with Gasteiger partial charge in [-0.2, -0.15) is 4.31 Å². The number of hydrogen-bond acceptors (Lipinski definition) is 3. The molecule has 4 rings (SSSR count). The summed E-state index contributed by atoms with van der Waals surface area (Å²) >= 11 is 0. The van der Waals surface area contributed by atoms with E-state index in [1.54, 1.807) is 42.5 Å². The molecule has 0 aliphatic carbocycles. The van der Waals surface area contributed by atoms with Crippen LogP contribution < -0.4 is 5.32 Å². The molecule has 1 heterocycles. The minimum absolute atomic E-state index is 0.186. The molecule has 1 amide bonds. The summed E-state index contributed by atoms with van der Waals surface area (Å²) in [6, 6.07) is 21.6. The molecule has 3 aromatic carbocycles. The highest BCUT2D eigenvalue weighted by atomic mass is 32.2. The monoisotopic (exact) mass is 406 g/mol. The fourth-order valence-electron chi connectivity index (χ4n) is 3.46. The van der Waals surface area contributed by atoms with Crippen molar-refractivity contribution in [3.8, 4) is 0 Å². The number of carbonyl (C=O) groups excluding carboxylic acids is 1. The van der Waals surface area contributed by atoms with Gasteiger partial charge in [0, 0.05) is 24.3 Å². The van der Waals surface area contributed by atoms with Gasteiger partial charge in [0.15, 0.2) is 0 Å². The number of aryl methyl sites for hydroxylation is 1. The van der Waals surface area contributed by atoms with Gasteiger partial charge in [-0.3, -0.25) is 4.79 Å². The molecule has 29 heavy (non-hydrogen) atoms. The van der Waals surface area contributed by atoms with Crippen molar-refractivity contribution in [2.45, 2.75) is 24.8 Å². The van der Waals surface area contributed by atoms with E-state index in [-0.39, 0.29) is 5.91 Å². The van der Waals surface area contributed by atoms with Gasteiger partial charge in [0.25, 0.3) is 5.91 Å². The lowest BCUT2D eigenvalue weighted by molar-refractivity contribution is 0.102. The van der Waals surface area contributed by atoms with Gasteiger partial charge in [-0.15, -0.1) is 0 Å². The standard InChI is InChI=1S/C23H22N2O3S/c1-17-7-9-19(10-8-17)23(26)24-21-12-11-18-13-14-25(16-20(18)15-21)29(27,28)22-5-3-2-4-6-22/h2-12,15H,13-14,16H2,1H3,(H,24,26). The molecule has 148 valence electrons. The first-order valence-corrected chi connectivity index (χ1v) is 10.9. The van der Waals surface area contributed by atoms with E-state index in [2.05, 4.69) is 5.32 Å². The lowest BCUT2D eigenvalue weighted by Crippen LogP contribution is -2.36. The molecular weight excluding hydrogens is 384 g/mol. The third kappa shape index (κ3) is 4.09. The van der Waals surface area contributed by atoms with Crippen molar-refractivity contribution in [2.75, 3.05) is 11.9 Å². The highest BCUT2D eigenvalue weighted by molar-refractivity contribution is 7.89. The van der Waals surface area contributed by atoms with Crippen LogP contribution in [0.3, 0.4) is 0 Å². The van der Waals surface area contributed by atoms with Gasteiger partial charge in [0.1, 0.15) is 0 Å². The summed E-state index contributed by atoms with van der Waals surface area (Å²) in [5.74, 6) is -0.186. The molecule has 0 saturated carbocycles. The third-order valence-electron chi connectivity index (χ3n) is 5.14. The van der Waals surface area contributed by atoms with E-state index in [0.29, 0.717) is 35.7 Å². The predicted octanol–water partition coefficient (Wildman–Crippen LogP) is 3.99. The Bertz CT molecular complexity index is 1140. The van der Waals surface area contributed by atoms with Gasteiger partial charge in [-0.25, -0.2) is 8.42 Å². The maximum absolute atomic E-state index is 12.9. The number of benzene rings is 3. The second-order valence-electron chi connectivity index (χ2n) is 7.21. The number of rotatable bonds is 4. The van der Waals surface area contributed by atoms with Gasteiger partial charge in [-0.05, 0) is 60.9 Å². The fourth-order valence-corrected chi connectivity index (χ4v) is 4.90. The highest BCUT2D eigenvalue weighted by Crippen LogP contribution is 2.27. The molecule has 0 bridgehead atoms. The molecule has 0 spiro atoms. The number of carbonyl (C=O) groups is 1. The van der Waals surface area contributed by atoms with Gasteiger partial charge >= 0.3 is 0 Å². The quantitative estimate of drug-likeness (QED) is 0.712. The van der Waals surface area contributed by atoms with Crippen LogP contribution in [-0.4, -0.2) is 25.2 Å². The third-order valence-corrected chi connectivity index (χ3v) is 7.00. The van der Waals surface area contributed by atoms with Crippen LogP contribution >= 0.6 is 0 Å². The zero-order valence-corrected chi connectivity index (χ0v) is 16.9. The van der Waals surface area contributed by atoms with Crippen molar-refractivity contribution >= 4 is 21.6 Å².